The maximum absolute atomic E-state index is 12.7. The predicted octanol–water partition coefficient (Wildman–Crippen LogP) is 0.601. The molecule has 1 fully saturated rings. The van der Waals surface area contributed by atoms with Crippen molar-refractivity contribution in [1.29, 1.82) is 0 Å². The molecule has 7 heteroatoms. The van der Waals surface area contributed by atoms with Gasteiger partial charge in [-0.15, -0.1) is 0 Å². The van der Waals surface area contributed by atoms with Crippen molar-refractivity contribution in [2.75, 3.05) is 26.2 Å². The van der Waals surface area contributed by atoms with Crippen molar-refractivity contribution in [3.8, 4) is 0 Å². The fourth-order valence-corrected chi connectivity index (χ4v) is 4.04. The number of rotatable bonds is 5. The van der Waals surface area contributed by atoms with Crippen LogP contribution in [0.4, 0.5) is 0 Å². The van der Waals surface area contributed by atoms with Gasteiger partial charge < -0.3 is 9.80 Å². The summed E-state index contributed by atoms with van der Waals surface area (Å²) in [5.74, 6) is 0.846. The van der Waals surface area contributed by atoms with E-state index in [1.165, 1.54) is 11.9 Å². The zero-order chi connectivity index (χ0) is 19.5. The third kappa shape index (κ3) is 3.89. The van der Waals surface area contributed by atoms with Crippen LogP contribution in [0.15, 0.2) is 36.7 Å². The predicted molar refractivity (Wildman–Crippen MR) is 106 cm³/mol. The second-order valence-corrected chi connectivity index (χ2v) is 7.53. The fraction of sp³-hybridized carbons (Fsp3) is 0.429. The number of piperazine rings is 1. The lowest BCUT2D eigenvalue weighted by Gasteiger charge is -2.32. The van der Waals surface area contributed by atoms with Crippen LogP contribution in [0.1, 0.15) is 28.9 Å². The summed E-state index contributed by atoms with van der Waals surface area (Å²) in [5, 5.41) is 4.22. The van der Waals surface area contributed by atoms with Gasteiger partial charge >= 0.3 is 0 Å². The monoisotopic (exact) mass is 379 g/mol. The molecule has 1 aromatic carbocycles. The Kier molecular flexibility index (Phi) is 5.34. The molecule has 7 nitrogen and oxygen atoms in total. The average Bonchev–Trinajstić information content (AvgIpc) is 3.17. The van der Waals surface area contributed by atoms with Gasteiger partial charge in [0.15, 0.2) is 0 Å². The molecule has 3 aromatic rings. The molecule has 1 N–H and O–H groups in total. The quantitative estimate of drug-likeness (QED) is 0.705. The number of nitrogens with zero attached hydrogens (tertiary/aromatic N) is 5. The molecule has 28 heavy (non-hydrogen) atoms. The minimum Gasteiger partial charge on any atom is -0.331 e. The van der Waals surface area contributed by atoms with Gasteiger partial charge in [-0.25, -0.2) is 9.50 Å². The minimum absolute atomic E-state index is 0.233. The van der Waals surface area contributed by atoms with Crippen molar-refractivity contribution in [2.24, 2.45) is 0 Å². The van der Waals surface area contributed by atoms with E-state index < -0.39 is 0 Å². The number of hydrogen-bond acceptors (Lipinski definition) is 4. The van der Waals surface area contributed by atoms with Crippen molar-refractivity contribution in [1.82, 2.24) is 24.5 Å². The molecule has 3 heterocycles. The SMILES string of the molecule is Cc1nc2ncnn2c(C)c1CCC(=O)N1CC[NH+](Cc2ccccc2)CC1. The molecular formula is C21H27N6O+. The first-order chi connectivity index (χ1) is 13.6. The van der Waals surface area contributed by atoms with E-state index >= 15 is 0 Å². The van der Waals surface area contributed by atoms with Crippen LogP contribution in [0, 0.1) is 13.8 Å². The van der Waals surface area contributed by atoms with E-state index in [9.17, 15) is 4.79 Å². The van der Waals surface area contributed by atoms with Crippen molar-refractivity contribution in [3.63, 3.8) is 0 Å². The Morgan fingerprint density at radius 3 is 2.64 bits per heavy atom. The van der Waals surface area contributed by atoms with E-state index in [1.54, 1.807) is 9.42 Å². The van der Waals surface area contributed by atoms with Gasteiger partial charge in [0, 0.05) is 23.4 Å². The Labute approximate surface area is 165 Å². The van der Waals surface area contributed by atoms with Crippen molar-refractivity contribution < 1.29 is 9.69 Å². The molecule has 2 aromatic heterocycles. The normalized spacial score (nSPS) is 15.3. The largest absolute Gasteiger partial charge is 0.331 e. The lowest BCUT2D eigenvalue weighted by atomic mass is 10.1. The molecule has 0 bridgehead atoms. The number of nitrogens with one attached hydrogen (secondary N) is 1. The molecule has 0 atom stereocenters. The molecule has 4 rings (SSSR count). The Morgan fingerprint density at radius 2 is 1.89 bits per heavy atom. The van der Waals surface area contributed by atoms with Crippen LogP contribution in [-0.4, -0.2) is 56.6 Å². The number of aryl methyl sites for hydroxylation is 2. The zero-order valence-electron chi connectivity index (χ0n) is 16.6. The summed E-state index contributed by atoms with van der Waals surface area (Å²) >= 11 is 0. The summed E-state index contributed by atoms with van der Waals surface area (Å²) in [7, 11) is 0. The van der Waals surface area contributed by atoms with E-state index in [0.29, 0.717) is 18.6 Å². The first kappa shape index (κ1) is 18.6. The number of benzene rings is 1. The zero-order valence-corrected chi connectivity index (χ0v) is 16.6. The van der Waals surface area contributed by atoms with Crippen LogP contribution < -0.4 is 4.90 Å². The molecular weight excluding hydrogens is 352 g/mol. The number of aromatic nitrogens is 4. The molecule has 1 amide bonds. The highest BCUT2D eigenvalue weighted by atomic mass is 16.2. The highest BCUT2D eigenvalue weighted by Gasteiger charge is 2.24. The first-order valence-corrected chi connectivity index (χ1v) is 9.93. The minimum atomic E-state index is 0.233. The molecule has 0 saturated carbocycles. The van der Waals surface area contributed by atoms with Crippen molar-refractivity contribution in [2.45, 2.75) is 33.2 Å². The number of hydrogen-bond donors (Lipinski definition) is 1. The molecule has 0 unspecified atom stereocenters. The summed E-state index contributed by atoms with van der Waals surface area (Å²) in [5.41, 5.74) is 4.41. The summed E-state index contributed by atoms with van der Waals surface area (Å²) in [4.78, 5) is 24.9. The molecule has 1 saturated heterocycles. The lowest BCUT2D eigenvalue weighted by Crippen LogP contribution is -3.13. The molecule has 1 aliphatic rings. The third-order valence-corrected chi connectivity index (χ3v) is 5.70. The van der Waals surface area contributed by atoms with Crippen LogP contribution in [0.5, 0.6) is 0 Å². The van der Waals surface area contributed by atoms with Crippen LogP contribution in [0.25, 0.3) is 5.78 Å². The number of quaternary nitrogens is 1. The first-order valence-electron chi connectivity index (χ1n) is 9.93. The molecule has 1 aliphatic heterocycles. The number of carbonyl (C=O) groups excluding carboxylic acids is 1. The fourth-order valence-electron chi connectivity index (χ4n) is 4.04. The van der Waals surface area contributed by atoms with Gasteiger partial charge in [0.1, 0.15) is 12.9 Å². The van der Waals surface area contributed by atoms with E-state index in [4.69, 9.17) is 0 Å². The maximum Gasteiger partial charge on any atom is 0.252 e. The third-order valence-electron chi connectivity index (χ3n) is 5.70. The second kappa shape index (κ2) is 8.06. The Balaban J connectivity index is 1.32. The lowest BCUT2D eigenvalue weighted by molar-refractivity contribution is -0.917. The smallest absolute Gasteiger partial charge is 0.252 e. The van der Waals surface area contributed by atoms with Gasteiger partial charge in [0.2, 0.25) is 5.91 Å². The highest BCUT2D eigenvalue weighted by Crippen LogP contribution is 2.15. The van der Waals surface area contributed by atoms with E-state index in [1.807, 2.05) is 18.7 Å². The van der Waals surface area contributed by atoms with Gasteiger partial charge in [0.05, 0.1) is 26.2 Å². The Hall–Kier alpha value is -2.80. The summed E-state index contributed by atoms with van der Waals surface area (Å²) in [6.45, 7) is 8.70. The average molecular weight is 379 g/mol. The van der Waals surface area contributed by atoms with E-state index in [0.717, 1.165) is 49.7 Å². The van der Waals surface area contributed by atoms with Gasteiger partial charge in [-0.3, -0.25) is 4.79 Å². The van der Waals surface area contributed by atoms with Crippen LogP contribution >= 0.6 is 0 Å². The molecule has 0 aliphatic carbocycles. The number of carbonyl (C=O) groups is 1. The summed E-state index contributed by atoms with van der Waals surface area (Å²) < 4.78 is 1.75. The number of fused-ring (bicyclic) bond motifs is 1. The van der Waals surface area contributed by atoms with Gasteiger partial charge in [-0.05, 0) is 25.8 Å². The maximum atomic E-state index is 12.7. The molecule has 0 spiro atoms. The topological polar surface area (TPSA) is 67.8 Å². The summed E-state index contributed by atoms with van der Waals surface area (Å²) in [6.07, 6.45) is 2.72. The van der Waals surface area contributed by atoms with Crippen LogP contribution in [-0.2, 0) is 17.8 Å². The van der Waals surface area contributed by atoms with E-state index in [2.05, 4.69) is 45.4 Å². The second-order valence-electron chi connectivity index (χ2n) is 7.53. The van der Waals surface area contributed by atoms with Crippen LogP contribution in [0.2, 0.25) is 0 Å². The molecule has 0 radical (unpaired) electrons. The van der Waals surface area contributed by atoms with Gasteiger partial charge in [-0.2, -0.15) is 10.1 Å². The standard InChI is InChI=1S/C21H26N6O/c1-16-19(17(2)27-21(24-16)22-15-23-27)8-9-20(28)26-12-10-25(11-13-26)14-18-6-4-3-5-7-18/h3-7,15H,8-14H2,1-2H3/p+1. The highest BCUT2D eigenvalue weighted by molar-refractivity contribution is 5.76. The Bertz CT molecular complexity index is 960. The van der Waals surface area contributed by atoms with Crippen molar-refractivity contribution in [3.05, 3.63) is 59.2 Å². The molecule has 146 valence electrons. The summed E-state index contributed by atoms with van der Waals surface area (Å²) in [6, 6.07) is 10.6. The van der Waals surface area contributed by atoms with E-state index in [-0.39, 0.29) is 5.91 Å². The Morgan fingerprint density at radius 1 is 1.14 bits per heavy atom. The van der Waals surface area contributed by atoms with Gasteiger partial charge in [-0.1, -0.05) is 30.3 Å². The van der Waals surface area contributed by atoms with Gasteiger partial charge in [0.25, 0.3) is 5.78 Å². The van der Waals surface area contributed by atoms with Crippen molar-refractivity contribution >= 4 is 11.7 Å². The van der Waals surface area contributed by atoms with Crippen LogP contribution in [0.3, 0.4) is 0 Å². The number of amides is 1.